The van der Waals surface area contributed by atoms with E-state index in [1.165, 1.54) is 0 Å². The van der Waals surface area contributed by atoms with Crippen molar-refractivity contribution in [3.63, 3.8) is 0 Å². The van der Waals surface area contributed by atoms with Gasteiger partial charge in [0.1, 0.15) is 0 Å². The SMILES string of the molecule is O=C(Nc1c(Cl)cccc1Cl)C1[C@H]2CC/C=C\CC/C=C\CC[C@@H]12. The van der Waals surface area contributed by atoms with Crippen LogP contribution in [0.15, 0.2) is 42.5 Å². The second-order valence-electron chi connectivity index (χ2n) is 6.61. The molecule has 0 heterocycles. The van der Waals surface area contributed by atoms with Crippen LogP contribution in [0.2, 0.25) is 10.0 Å². The van der Waals surface area contributed by atoms with Gasteiger partial charge in [0, 0.05) is 5.92 Å². The molecule has 128 valence electrons. The van der Waals surface area contributed by atoms with Crippen molar-refractivity contribution in [3.05, 3.63) is 52.5 Å². The Morgan fingerprint density at radius 1 is 0.875 bits per heavy atom. The van der Waals surface area contributed by atoms with Crippen molar-refractivity contribution in [2.24, 2.45) is 17.8 Å². The number of rotatable bonds is 2. The molecule has 2 aliphatic rings. The minimum atomic E-state index is 0.0582. The minimum absolute atomic E-state index is 0.0582. The number of halogens is 2. The second kappa shape index (κ2) is 8.22. The van der Waals surface area contributed by atoms with Crippen molar-refractivity contribution in [1.29, 1.82) is 0 Å². The Hall–Kier alpha value is -1.25. The third kappa shape index (κ3) is 4.23. The van der Waals surface area contributed by atoms with E-state index < -0.39 is 0 Å². The smallest absolute Gasteiger partial charge is 0.228 e. The predicted molar refractivity (Wildman–Crippen MR) is 102 cm³/mol. The Morgan fingerprint density at radius 2 is 1.38 bits per heavy atom. The minimum Gasteiger partial charge on any atom is -0.323 e. The number of anilines is 1. The van der Waals surface area contributed by atoms with Gasteiger partial charge in [-0.1, -0.05) is 53.6 Å². The zero-order valence-electron chi connectivity index (χ0n) is 13.7. The summed E-state index contributed by atoms with van der Waals surface area (Å²) in [7, 11) is 0. The van der Waals surface area contributed by atoms with Crippen LogP contribution in [0.25, 0.3) is 0 Å². The molecule has 24 heavy (non-hydrogen) atoms. The number of para-hydroxylation sites is 1. The fourth-order valence-corrected chi connectivity index (χ4v) is 4.18. The van der Waals surface area contributed by atoms with Crippen molar-refractivity contribution >= 4 is 34.8 Å². The van der Waals surface area contributed by atoms with Gasteiger partial charge in [0.2, 0.25) is 5.91 Å². The maximum atomic E-state index is 12.7. The van der Waals surface area contributed by atoms with E-state index in [2.05, 4.69) is 29.6 Å². The van der Waals surface area contributed by atoms with E-state index in [9.17, 15) is 4.79 Å². The first kappa shape index (κ1) is 17.6. The molecule has 2 aliphatic carbocycles. The standard InChI is InChI=1S/C20H23Cl2NO/c21-16-12-9-13-17(22)19(16)23-20(24)18-14-10-7-5-3-1-2-4-6-8-11-15(14)18/h3-6,9,12-15,18H,1-2,7-8,10-11H2,(H,23,24)/b5-3-,6-4-/t14-,15+,18?. The van der Waals surface area contributed by atoms with E-state index in [1.807, 2.05) is 0 Å². The monoisotopic (exact) mass is 363 g/mol. The summed E-state index contributed by atoms with van der Waals surface area (Å²) in [5.74, 6) is 1.09. The normalized spacial score (nSPS) is 29.5. The van der Waals surface area contributed by atoms with E-state index in [4.69, 9.17) is 23.2 Å². The number of benzene rings is 1. The van der Waals surface area contributed by atoms with Crippen LogP contribution in [-0.4, -0.2) is 5.91 Å². The molecule has 0 spiro atoms. The predicted octanol–water partition coefficient (Wildman–Crippen LogP) is 6.26. The first-order valence-corrected chi connectivity index (χ1v) is 9.49. The number of carbonyl (C=O) groups excluding carboxylic acids is 1. The molecule has 1 aromatic carbocycles. The van der Waals surface area contributed by atoms with E-state index in [-0.39, 0.29) is 11.8 Å². The lowest BCUT2D eigenvalue weighted by molar-refractivity contribution is -0.117. The molecule has 3 rings (SSSR count). The van der Waals surface area contributed by atoms with E-state index >= 15 is 0 Å². The summed E-state index contributed by atoms with van der Waals surface area (Å²) < 4.78 is 0. The topological polar surface area (TPSA) is 29.1 Å². The van der Waals surface area contributed by atoms with Crippen molar-refractivity contribution in [3.8, 4) is 0 Å². The Balaban J connectivity index is 1.66. The lowest BCUT2D eigenvalue weighted by Crippen LogP contribution is -2.16. The van der Waals surface area contributed by atoms with E-state index in [0.717, 1.165) is 38.5 Å². The molecule has 0 aliphatic heterocycles. The molecule has 1 unspecified atom stereocenters. The summed E-state index contributed by atoms with van der Waals surface area (Å²) in [6, 6.07) is 5.27. The van der Waals surface area contributed by atoms with Crippen LogP contribution in [0, 0.1) is 17.8 Å². The fourth-order valence-electron chi connectivity index (χ4n) is 3.69. The van der Waals surface area contributed by atoms with Gasteiger partial charge >= 0.3 is 0 Å². The molecule has 1 amide bonds. The molecule has 1 N–H and O–H groups in total. The average molecular weight is 364 g/mol. The number of hydrogen-bond donors (Lipinski definition) is 1. The van der Waals surface area contributed by atoms with Crippen LogP contribution in [0.3, 0.4) is 0 Å². The third-order valence-electron chi connectivity index (χ3n) is 5.01. The van der Waals surface area contributed by atoms with Crippen molar-refractivity contribution in [2.45, 2.75) is 38.5 Å². The van der Waals surface area contributed by atoms with Gasteiger partial charge in [-0.15, -0.1) is 0 Å². The first-order valence-electron chi connectivity index (χ1n) is 8.73. The van der Waals surface area contributed by atoms with Crippen LogP contribution < -0.4 is 5.32 Å². The summed E-state index contributed by atoms with van der Waals surface area (Å²) in [6.07, 6.45) is 15.5. The highest BCUT2D eigenvalue weighted by Crippen LogP contribution is 2.53. The zero-order chi connectivity index (χ0) is 16.9. The summed E-state index contributed by atoms with van der Waals surface area (Å²) in [4.78, 5) is 12.7. The lowest BCUT2D eigenvalue weighted by atomic mass is 10.1. The first-order chi connectivity index (χ1) is 11.7. The molecular weight excluding hydrogens is 341 g/mol. The molecule has 0 radical (unpaired) electrons. The Labute approximate surface area is 153 Å². The Kier molecular flexibility index (Phi) is 6.02. The number of carbonyl (C=O) groups is 1. The van der Waals surface area contributed by atoms with E-state index in [0.29, 0.717) is 27.6 Å². The molecule has 0 aromatic heterocycles. The van der Waals surface area contributed by atoms with Crippen molar-refractivity contribution in [1.82, 2.24) is 0 Å². The summed E-state index contributed by atoms with van der Waals surface area (Å²) >= 11 is 12.3. The van der Waals surface area contributed by atoms with Gasteiger partial charge in [-0.05, 0) is 62.5 Å². The van der Waals surface area contributed by atoms with Gasteiger partial charge in [0.15, 0.2) is 0 Å². The molecule has 4 heteroatoms. The molecule has 2 nitrogen and oxygen atoms in total. The third-order valence-corrected chi connectivity index (χ3v) is 5.64. The van der Waals surface area contributed by atoms with Crippen LogP contribution in [-0.2, 0) is 4.79 Å². The number of hydrogen-bond acceptors (Lipinski definition) is 1. The van der Waals surface area contributed by atoms with Crippen LogP contribution >= 0.6 is 23.2 Å². The van der Waals surface area contributed by atoms with E-state index in [1.54, 1.807) is 18.2 Å². The van der Waals surface area contributed by atoms with Crippen molar-refractivity contribution in [2.75, 3.05) is 5.32 Å². The maximum absolute atomic E-state index is 12.7. The largest absolute Gasteiger partial charge is 0.323 e. The lowest BCUT2D eigenvalue weighted by Gasteiger charge is -2.09. The van der Waals surface area contributed by atoms with Gasteiger partial charge in [0.05, 0.1) is 15.7 Å². The van der Waals surface area contributed by atoms with Gasteiger partial charge in [0.25, 0.3) is 0 Å². The van der Waals surface area contributed by atoms with Gasteiger partial charge in [-0.25, -0.2) is 0 Å². The number of nitrogens with one attached hydrogen (secondary N) is 1. The van der Waals surface area contributed by atoms with Gasteiger partial charge in [-0.2, -0.15) is 0 Å². The number of allylic oxidation sites excluding steroid dienone is 4. The highest BCUT2D eigenvalue weighted by atomic mass is 35.5. The molecule has 0 bridgehead atoms. The highest BCUT2D eigenvalue weighted by Gasteiger charge is 2.52. The highest BCUT2D eigenvalue weighted by molar-refractivity contribution is 6.39. The van der Waals surface area contributed by atoms with Gasteiger partial charge in [-0.3, -0.25) is 4.79 Å². The zero-order valence-corrected chi connectivity index (χ0v) is 15.2. The quantitative estimate of drug-likeness (QED) is 0.617. The van der Waals surface area contributed by atoms with Crippen LogP contribution in [0.5, 0.6) is 0 Å². The summed E-state index contributed by atoms with van der Waals surface area (Å²) in [5, 5.41) is 3.93. The molecule has 1 fully saturated rings. The molecule has 1 saturated carbocycles. The fraction of sp³-hybridized carbons (Fsp3) is 0.450. The maximum Gasteiger partial charge on any atom is 0.228 e. The summed E-state index contributed by atoms with van der Waals surface area (Å²) in [5.41, 5.74) is 0.535. The number of amides is 1. The molecule has 0 saturated heterocycles. The Morgan fingerprint density at radius 3 is 1.92 bits per heavy atom. The molecular formula is C20H23Cl2NO. The Bertz CT molecular complexity index is 609. The number of fused-ring (bicyclic) bond motifs is 1. The van der Waals surface area contributed by atoms with Crippen LogP contribution in [0.1, 0.15) is 38.5 Å². The summed E-state index contributed by atoms with van der Waals surface area (Å²) in [6.45, 7) is 0. The molecule has 1 aromatic rings. The molecule has 3 atom stereocenters. The van der Waals surface area contributed by atoms with Crippen molar-refractivity contribution < 1.29 is 4.79 Å². The average Bonchev–Trinajstić information content (AvgIpc) is 3.23. The van der Waals surface area contributed by atoms with Gasteiger partial charge < -0.3 is 5.32 Å². The second-order valence-corrected chi connectivity index (χ2v) is 7.43. The van der Waals surface area contributed by atoms with Crippen LogP contribution in [0.4, 0.5) is 5.69 Å².